The lowest BCUT2D eigenvalue weighted by atomic mass is 9.97. The average molecular weight is 468 g/mol. The molecule has 3 aromatic rings. The number of aromatic nitrogens is 3. The van der Waals surface area contributed by atoms with Crippen LogP contribution in [0.5, 0.6) is 0 Å². The molecule has 33 heavy (non-hydrogen) atoms. The standard InChI is InChI=1S/C22H25N7O3S/c1-33(31,32)29-12-9-16(10-13-29)22(30)27-18-7-5-17(6-8-18)26-20-14-21(25-15-24-20)28-19-4-2-3-11-23-19/h2-8,11,14-16H,9-10,12-13H2,1H3,(H,27,30)(H2,23,24,25,26,28). The Hall–Kier alpha value is -3.57. The van der Waals surface area contributed by atoms with Crippen LogP contribution in [0, 0.1) is 5.92 Å². The summed E-state index contributed by atoms with van der Waals surface area (Å²) in [5.74, 6) is 1.61. The van der Waals surface area contributed by atoms with Gasteiger partial charge in [0.05, 0.1) is 6.26 Å². The van der Waals surface area contributed by atoms with Crippen LogP contribution in [0.15, 0.2) is 61.1 Å². The summed E-state index contributed by atoms with van der Waals surface area (Å²) in [6.07, 6.45) is 5.38. The summed E-state index contributed by atoms with van der Waals surface area (Å²) in [6.45, 7) is 0.742. The van der Waals surface area contributed by atoms with Crippen molar-refractivity contribution in [2.24, 2.45) is 5.92 Å². The van der Waals surface area contributed by atoms with Crippen LogP contribution >= 0.6 is 0 Å². The first-order chi connectivity index (χ1) is 15.9. The molecule has 0 unspecified atom stereocenters. The average Bonchev–Trinajstić information content (AvgIpc) is 2.81. The van der Waals surface area contributed by atoms with E-state index in [1.54, 1.807) is 24.4 Å². The van der Waals surface area contributed by atoms with Crippen LogP contribution in [0.4, 0.5) is 28.8 Å². The second-order valence-corrected chi connectivity index (χ2v) is 9.74. The van der Waals surface area contributed by atoms with Crippen LogP contribution in [-0.2, 0) is 14.8 Å². The zero-order valence-electron chi connectivity index (χ0n) is 18.1. The number of nitrogens with one attached hydrogen (secondary N) is 3. The van der Waals surface area contributed by atoms with Crippen LogP contribution in [0.2, 0.25) is 0 Å². The Kier molecular flexibility index (Phi) is 6.80. The van der Waals surface area contributed by atoms with Crippen molar-refractivity contribution in [2.75, 3.05) is 35.3 Å². The number of pyridine rings is 1. The molecule has 3 N–H and O–H groups in total. The number of amides is 1. The smallest absolute Gasteiger partial charge is 0.227 e. The first kappa shape index (κ1) is 22.6. The van der Waals surface area contributed by atoms with E-state index in [4.69, 9.17) is 0 Å². The molecule has 4 rings (SSSR count). The fourth-order valence-electron chi connectivity index (χ4n) is 3.54. The lowest BCUT2D eigenvalue weighted by Gasteiger charge is -2.29. The van der Waals surface area contributed by atoms with Gasteiger partial charge in [0.1, 0.15) is 23.8 Å². The van der Waals surface area contributed by atoms with Crippen molar-refractivity contribution in [3.63, 3.8) is 0 Å². The lowest BCUT2D eigenvalue weighted by Crippen LogP contribution is -2.40. The molecule has 1 aromatic carbocycles. The minimum absolute atomic E-state index is 0.0927. The monoisotopic (exact) mass is 467 g/mol. The Balaban J connectivity index is 1.32. The molecule has 1 amide bonds. The highest BCUT2D eigenvalue weighted by Crippen LogP contribution is 2.23. The number of piperidine rings is 1. The van der Waals surface area contributed by atoms with E-state index >= 15 is 0 Å². The van der Waals surface area contributed by atoms with Gasteiger partial charge in [-0.2, -0.15) is 0 Å². The SMILES string of the molecule is CS(=O)(=O)N1CCC(C(=O)Nc2ccc(Nc3cc(Nc4ccccn4)ncn3)cc2)CC1. The van der Waals surface area contributed by atoms with Gasteiger partial charge in [-0.3, -0.25) is 4.79 Å². The van der Waals surface area contributed by atoms with Gasteiger partial charge in [-0.1, -0.05) is 6.07 Å². The largest absolute Gasteiger partial charge is 0.340 e. The van der Waals surface area contributed by atoms with E-state index in [1.165, 1.54) is 16.9 Å². The maximum absolute atomic E-state index is 12.6. The Labute approximate surface area is 192 Å². The van der Waals surface area contributed by atoms with Crippen LogP contribution in [-0.4, -0.2) is 52.9 Å². The van der Waals surface area contributed by atoms with Gasteiger partial charge in [0.15, 0.2) is 0 Å². The van der Waals surface area contributed by atoms with Gasteiger partial charge in [-0.15, -0.1) is 0 Å². The number of anilines is 5. The third kappa shape index (κ3) is 6.24. The molecule has 0 saturated carbocycles. The summed E-state index contributed by atoms with van der Waals surface area (Å²) in [5.41, 5.74) is 1.48. The van der Waals surface area contributed by atoms with E-state index in [1.807, 2.05) is 30.3 Å². The third-order valence-electron chi connectivity index (χ3n) is 5.31. The molecule has 1 aliphatic heterocycles. The first-order valence-electron chi connectivity index (χ1n) is 10.5. The number of carbonyl (C=O) groups is 1. The van der Waals surface area contributed by atoms with Crippen molar-refractivity contribution in [1.29, 1.82) is 0 Å². The van der Waals surface area contributed by atoms with Crippen molar-refractivity contribution in [3.05, 3.63) is 61.1 Å². The van der Waals surface area contributed by atoms with Gasteiger partial charge in [0.25, 0.3) is 0 Å². The minimum Gasteiger partial charge on any atom is -0.340 e. The molecule has 0 bridgehead atoms. The zero-order chi connectivity index (χ0) is 23.3. The van der Waals surface area contributed by atoms with Gasteiger partial charge in [0.2, 0.25) is 15.9 Å². The van der Waals surface area contributed by atoms with E-state index in [9.17, 15) is 13.2 Å². The van der Waals surface area contributed by atoms with Gasteiger partial charge < -0.3 is 16.0 Å². The molecular formula is C22H25N7O3S. The van der Waals surface area contributed by atoms with Crippen molar-refractivity contribution in [3.8, 4) is 0 Å². The Morgan fingerprint density at radius 2 is 1.58 bits per heavy atom. The van der Waals surface area contributed by atoms with Gasteiger partial charge in [0, 0.05) is 42.6 Å². The second-order valence-electron chi connectivity index (χ2n) is 7.76. The lowest BCUT2D eigenvalue weighted by molar-refractivity contribution is -0.120. The highest BCUT2D eigenvalue weighted by Gasteiger charge is 2.28. The maximum Gasteiger partial charge on any atom is 0.227 e. The number of hydrogen-bond acceptors (Lipinski definition) is 8. The highest BCUT2D eigenvalue weighted by molar-refractivity contribution is 7.88. The summed E-state index contributed by atoms with van der Waals surface area (Å²) < 4.78 is 24.7. The Bertz CT molecular complexity index is 1200. The molecule has 172 valence electrons. The van der Waals surface area contributed by atoms with Crippen LogP contribution in [0.25, 0.3) is 0 Å². The summed E-state index contributed by atoms with van der Waals surface area (Å²) in [4.78, 5) is 25.2. The van der Waals surface area contributed by atoms with Crippen LogP contribution in [0.1, 0.15) is 12.8 Å². The third-order valence-corrected chi connectivity index (χ3v) is 6.61. The Morgan fingerprint density at radius 3 is 2.21 bits per heavy atom. The highest BCUT2D eigenvalue weighted by atomic mass is 32.2. The van der Waals surface area contributed by atoms with Crippen LogP contribution in [0.3, 0.4) is 0 Å². The molecule has 2 aromatic heterocycles. The summed E-state index contributed by atoms with van der Waals surface area (Å²) >= 11 is 0. The van der Waals surface area contributed by atoms with Gasteiger partial charge in [-0.05, 0) is 49.2 Å². The molecule has 0 aliphatic carbocycles. The summed E-state index contributed by atoms with van der Waals surface area (Å²) in [5, 5.41) is 9.24. The maximum atomic E-state index is 12.6. The van der Waals surface area contributed by atoms with E-state index in [0.717, 1.165) is 5.69 Å². The van der Waals surface area contributed by atoms with E-state index in [-0.39, 0.29) is 11.8 Å². The second kappa shape index (κ2) is 9.92. The van der Waals surface area contributed by atoms with Crippen molar-refractivity contribution in [1.82, 2.24) is 19.3 Å². The number of rotatable bonds is 7. The van der Waals surface area contributed by atoms with Crippen molar-refractivity contribution >= 4 is 44.8 Å². The predicted octanol–water partition coefficient (Wildman–Crippen LogP) is 2.97. The van der Waals surface area contributed by atoms with Gasteiger partial charge in [-0.25, -0.2) is 27.7 Å². The van der Waals surface area contributed by atoms with E-state index in [0.29, 0.717) is 49.1 Å². The fourth-order valence-corrected chi connectivity index (χ4v) is 4.41. The molecule has 0 radical (unpaired) electrons. The van der Waals surface area contributed by atoms with E-state index in [2.05, 4.69) is 30.9 Å². The quantitative estimate of drug-likeness (QED) is 0.484. The predicted molar refractivity (Wildman–Crippen MR) is 127 cm³/mol. The molecule has 11 heteroatoms. The number of nitrogens with zero attached hydrogens (tertiary/aromatic N) is 4. The van der Waals surface area contributed by atoms with E-state index < -0.39 is 10.0 Å². The molecule has 3 heterocycles. The van der Waals surface area contributed by atoms with Crippen molar-refractivity contribution in [2.45, 2.75) is 12.8 Å². The fraction of sp³-hybridized carbons (Fsp3) is 0.273. The van der Waals surface area contributed by atoms with Gasteiger partial charge >= 0.3 is 0 Å². The number of sulfonamides is 1. The van der Waals surface area contributed by atoms with Crippen LogP contribution < -0.4 is 16.0 Å². The number of hydrogen-bond donors (Lipinski definition) is 3. The molecule has 1 saturated heterocycles. The molecule has 1 fully saturated rings. The number of carbonyl (C=O) groups excluding carboxylic acids is 1. The minimum atomic E-state index is -3.20. The molecule has 10 nitrogen and oxygen atoms in total. The Morgan fingerprint density at radius 1 is 0.909 bits per heavy atom. The first-order valence-corrected chi connectivity index (χ1v) is 12.3. The van der Waals surface area contributed by atoms with Crippen molar-refractivity contribution < 1.29 is 13.2 Å². The number of benzene rings is 1. The summed E-state index contributed by atoms with van der Waals surface area (Å²) in [6, 6.07) is 14.6. The summed E-state index contributed by atoms with van der Waals surface area (Å²) in [7, 11) is -3.20. The molecule has 0 spiro atoms. The topological polar surface area (TPSA) is 129 Å². The zero-order valence-corrected chi connectivity index (χ0v) is 18.9. The molecule has 0 atom stereocenters. The normalized spacial score (nSPS) is 15.1. The molecular weight excluding hydrogens is 442 g/mol. The molecule has 1 aliphatic rings.